The highest BCUT2D eigenvalue weighted by Gasteiger charge is 2.20. The van der Waals surface area contributed by atoms with Gasteiger partial charge in [0.25, 0.3) is 0 Å². The zero-order chi connectivity index (χ0) is 13.5. The van der Waals surface area contributed by atoms with Crippen molar-refractivity contribution in [1.82, 2.24) is 9.80 Å². The van der Waals surface area contributed by atoms with Gasteiger partial charge in [-0.1, -0.05) is 30.3 Å². The molecule has 1 aliphatic heterocycles. The van der Waals surface area contributed by atoms with Crippen LogP contribution in [0.4, 0.5) is 0 Å². The van der Waals surface area contributed by atoms with Crippen molar-refractivity contribution < 1.29 is 4.79 Å². The van der Waals surface area contributed by atoms with Crippen LogP contribution in [0.5, 0.6) is 0 Å². The molecule has 0 aliphatic carbocycles. The van der Waals surface area contributed by atoms with Crippen LogP contribution in [0.25, 0.3) is 0 Å². The number of halogens is 2. The van der Waals surface area contributed by atoms with Gasteiger partial charge < -0.3 is 10.6 Å². The molecule has 1 aliphatic rings. The van der Waals surface area contributed by atoms with Crippen molar-refractivity contribution in [2.24, 2.45) is 5.73 Å². The molecule has 0 aromatic heterocycles. The molecule has 21 heavy (non-hydrogen) atoms. The molecule has 0 atom stereocenters. The molecular weight excluding hydrogens is 309 g/mol. The molecule has 0 bridgehead atoms. The van der Waals surface area contributed by atoms with Crippen molar-refractivity contribution in [2.75, 3.05) is 32.7 Å². The lowest BCUT2D eigenvalue weighted by molar-refractivity contribution is -0.133. The highest BCUT2D eigenvalue weighted by atomic mass is 35.5. The number of nitrogens with two attached hydrogens (primary N) is 1. The van der Waals surface area contributed by atoms with Crippen molar-refractivity contribution in [2.45, 2.75) is 19.4 Å². The van der Waals surface area contributed by atoms with Gasteiger partial charge in [-0.3, -0.25) is 9.69 Å². The number of rotatable bonds is 5. The number of hydrogen-bond donors (Lipinski definition) is 1. The Balaban J connectivity index is 0.00000200. The third-order valence-electron chi connectivity index (χ3n) is 3.57. The molecular formula is C15H25Cl2N3O. The van der Waals surface area contributed by atoms with E-state index in [9.17, 15) is 4.79 Å². The summed E-state index contributed by atoms with van der Waals surface area (Å²) in [4.78, 5) is 16.2. The Hall–Kier alpha value is -0.810. The standard InChI is InChI=1S/C15H23N3O.2ClH/c16-8-4-7-15(19)18-11-9-17(10-12-18)13-14-5-2-1-3-6-14;;/h1-3,5-6H,4,7-13,16H2;2*1H. The largest absolute Gasteiger partial charge is 0.340 e. The summed E-state index contributed by atoms with van der Waals surface area (Å²) in [5.41, 5.74) is 6.77. The van der Waals surface area contributed by atoms with Gasteiger partial charge in [-0.05, 0) is 18.5 Å². The average Bonchev–Trinajstić information content (AvgIpc) is 2.46. The molecule has 0 radical (unpaired) electrons. The Morgan fingerprint density at radius 1 is 1.05 bits per heavy atom. The summed E-state index contributed by atoms with van der Waals surface area (Å²) in [6.07, 6.45) is 1.39. The van der Waals surface area contributed by atoms with E-state index in [-0.39, 0.29) is 30.7 Å². The summed E-state index contributed by atoms with van der Waals surface area (Å²) < 4.78 is 0. The van der Waals surface area contributed by atoms with E-state index >= 15 is 0 Å². The maximum Gasteiger partial charge on any atom is 0.222 e. The maximum atomic E-state index is 11.9. The molecule has 0 saturated carbocycles. The average molecular weight is 334 g/mol. The first-order chi connectivity index (χ1) is 9.29. The van der Waals surface area contributed by atoms with Gasteiger partial charge >= 0.3 is 0 Å². The van der Waals surface area contributed by atoms with E-state index in [1.54, 1.807) is 0 Å². The number of benzene rings is 1. The molecule has 2 rings (SSSR count). The number of piperazine rings is 1. The Kier molecular flexibility index (Phi) is 10.4. The predicted octanol–water partition coefficient (Wildman–Crippen LogP) is 1.91. The molecule has 2 N–H and O–H groups in total. The predicted molar refractivity (Wildman–Crippen MR) is 91.1 cm³/mol. The molecule has 1 heterocycles. The van der Waals surface area contributed by atoms with Crippen LogP contribution in [-0.2, 0) is 11.3 Å². The minimum atomic E-state index is 0. The third-order valence-corrected chi connectivity index (χ3v) is 3.57. The minimum absolute atomic E-state index is 0. The van der Waals surface area contributed by atoms with Crippen LogP contribution in [0.1, 0.15) is 18.4 Å². The summed E-state index contributed by atoms with van der Waals surface area (Å²) in [6.45, 7) is 5.18. The van der Waals surface area contributed by atoms with Crippen molar-refractivity contribution >= 4 is 30.7 Å². The summed E-state index contributed by atoms with van der Waals surface area (Å²) in [6, 6.07) is 10.5. The topological polar surface area (TPSA) is 49.6 Å². The number of carbonyl (C=O) groups is 1. The van der Waals surface area contributed by atoms with Crippen LogP contribution in [0.3, 0.4) is 0 Å². The Morgan fingerprint density at radius 3 is 2.24 bits per heavy atom. The second-order valence-electron chi connectivity index (χ2n) is 5.03. The second kappa shape index (κ2) is 10.9. The van der Waals surface area contributed by atoms with Gasteiger partial charge in [0.2, 0.25) is 5.91 Å². The van der Waals surface area contributed by atoms with Gasteiger partial charge in [0.1, 0.15) is 0 Å². The fourth-order valence-corrected chi connectivity index (χ4v) is 2.41. The van der Waals surface area contributed by atoms with Crippen LogP contribution in [0.15, 0.2) is 30.3 Å². The van der Waals surface area contributed by atoms with E-state index < -0.39 is 0 Å². The number of hydrogen-bond acceptors (Lipinski definition) is 3. The number of amides is 1. The molecule has 1 aromatic rings. The Bertz CT molecular complexity index is 395. The van der Waals surface area contributed by atoms with Gasteiger partial charge in [0.15, 0.2) is 0 Å². The van der Waals surface area contributed by atoms with Gasteiger partial charge in [0, 0.05) is 39.1 Å². The van der Waals surface area contributed by atoms with E-state index in [2.05, 4.69) is 29.2 Å². The van der Waals surface area contributed by atoms with Crippen LogP contribution >= 0.6 is 24.8 Å². The van der Waals surface area contributed by atoms with Gasteiger partial charge in [0.05, 0.1) is 0 Å². The van der Waals surface area contributed by atoms with Gasteiger partial charge in [-0.2, -0.15) is 0 Å². The normalized spacial score (nSPS) is 15.0. The van der Waals surface area contributed by atoms with E-state index in [0.29, 0.717) is 13.0 Å². The molecule has 120 valence electrons. The van der Waals surface area contributed by atoms with E-state index in [1.165, 1.54) is 5.56 Å². The van der Waals surface area contributed by atoms with E-state index in [0.717, 1.165) is 39.1 Å². The Morgan fingerprint density at radius 2 is 1.67 bits per heavy atom. The molecule has 1 aromatic carbocycles. The molecule has 1 fully saturated rings. The lowest BCUT2D eigenvalue weighted by Crippen LogP contribution is -2.48. The Labute approximate surface area is 139 Å². The molecule has 6 heteroatoms. The molecule has 0 unspecified atom stereocenters. The number of nitrogens with zero attached hydrogens (tertiary/aromatic N) is 2. The minimum Gasteiger partial charge on any atom is -0.340 e. The van der Waals surface area contributed by atoms with Crippen LogP contribution < -0.4 is 5.73 Å². The fourth-order valence-electron chi connectivity index (χ4n) is 2.41. The lowest BCUT2D eigenvalue weighted by atomic mass is 10.2. The molecule has 1 amide bonds. The highest BCUT2D eigenvalue weighted by molar-refractivity contribution is 5.85. The lowest BCUT2D eigenvalue weighted by Gasteiger charge is -2.34. The molecule has 0 spiro atoms. The fraction of sp³-hybridized carbons (Fsp3) is 0.533. The quantitative estimate of drug-likeness (QED) is 0.895. The summed E-state index contributed by atoms with van der Waals surface area (Å²) >= 11 is 0. The summed E-state index contributed by atoms with van der Waals surface area (Å²) in [5.74, 6) is 0.254. The van der Waals surface area contributed by atoms with E-state index in [4.69, 9.17) is 5.73 Å². The molecule has 1 saturated heterocycles. The first kappa shape index (κ1) is 20.2. The van der Waals surface area contributed by atoms with Crippen LogP contribution in [0, 0.1) is 0 Å². The zero-order valence-electron chi connectivity index (χ0n) is 12.2. The highest BCUT2D eigenvalue weighted by Crippen LogP contribution is 2.09. The van der Waals surface area contributed by atoms with Crippen molar-refractivity contribution in [3.05, 3.63) is 35.9 Å². The first-order valence-corrected chi connectivity index (χ1v) is 7.03. The summed E-state index contributed by atoms with van der Waals surface area (Å²) in [5, 5.41) is 0. The second-order valence-corrected chi connectivity index (χ2v) is 5.03. The van der Waals surface area contributed by atoms with Crippen molar-refractivity contribution in [1.29, 1.82) is 0 Å². The van der Waals surface area contributed by atoms with Gasteiger partial charge in [-0.25, -0.2) is 0 Å². The van der Waals surface area contributed by atoms with Crippen LogP contribution in [-0.4, -0.2) is 48.4 Å². The monoisotopic (exact) mass is 333 g/mol. The maximum absolute atomic E-state index is 11.9. The van der Waals surface area contributed by atoms with Crippen molar-refractivity contribution in [3.63, 3.8) is 0 Å². The van der Waals surface area contributed by atoms with Crippen molar-refractivity contribution in [3.8, 4) is 0 Å². The number of carbonyl (C=O) groups excluding carboxylic acids is 1. The smallest absolute Gasteiger partial charge is 0.222 e. The first-order valence-electron chi connectivity index (χ1n) is 7.03. The SMILES string of the molecule is Cl.Cl.NCCCC(=O)N1CCN(Cc2ccccc2)CC1. The molecule has 4 nitrogen and oxygen atoms in total. The third kappa shape index (κ3) is 6.66. The zero-order valence-corrected chi connectivity index (χ0v) is 13.9. The van der Waals surface area contributed by atoms with E-state index in [1.807, 2.05) is 11.0 Å². The van der Waals surface area contributed by atoms with Crippen LogP contribution in [0.2, 0.25) is 0 Å². The summed E-state index contributed by atoms with van der Waals surface area (Å²) in [7, 11) is 0. The van der Waals surface area contributed by atoms with Gasteiger partial charge in [-0.15, -0.1) is 24.8 Å².